The lowest BCUT2D eigenvalue weighted by Gasteiger charge is -2.16. The number of halogens is 1. The van der Waals surface area contributed by atoms with Crippen molar-refractivity contribution >= 4 is 28.6 Å². The van der Waals surface area contributed by atoms with Crippen molar-refractivity contribution < 1.29 is 0 Å². The van der Waals surface area contributed by atoms with Gasteiger partial charge in [-0.2, -0.15) is 0 Å². The summed E-state index contributed by atoms with van der Waals surface area (Å²) in [6, 6.07) is 7.91. The molecule has 26 heavy (non-hydrogen) atoms. The predicted octanol–water partition coefficient (Wildman–Crippen LogP) is 5.46. The van der Waals surface area contributed by atoms with Crippen LogP contribution < -0.4 is 0 Å². The molecule has 0 aliphatic carbocycles. The lowest BCUT2D eigenvalue weighted by atomic mass is 9.99. The molecule has 134 valence electrons. The van der Waals surface area contributed by atoms with Gasteiger partial charge in [0.2, 0.25) is 0 Å². The minimum atomic E-state index is -0.0406. The first-order chi connectivity index (χ1) is 12.4. The van der Waals surface area contributed by atoms with E-state index in [0.29, 0.717) is 5.92 Å². The van der Waals surface area contributed by atoms with Gasteiger partial charge in [-0.25, -0.2) is 0 Å². The van der Waals surface area contributed by atoms with E-state index in [-0.39, 0.29) is 6.04 Å². The van der Waals surface area contributed by atoms with Crippen LogP contribution in [0.3, 0.4) is 0 Å². The molecule has 1 unspecified atom stereocenters. The maximum absolute atomic E-state index is 6.11. The Morgan fingerprint density at radius 1 is 1.08 bits per heavy atom. The number of benzene rings is 1. The van der Waals surface area contributed by atoms with E-state index in [1.807, 2.05) is 31.2 Å². The van der Waals surface area contributed by atoms with E-state index < -0.39 is 0 Å². The Labute approximate surface area is 162 Å². The number of hydrogen-bond acceptors (Lipinski definition) is 4. The number of rotatable bonds is 2. The third-order valence-electron chi connectivity index (χ3n) is 4.94. The molecule has 2 aromatic heterocycles. The zero-order chi connectivity index (χ0) is 18.6. The average molecular weight is 385 g/mol. The molecule has 0 bridgehead atoms. The third kappa shape index (κ3) is 2.61. The predicted molar refractivity (Wildman–Crippen MR) is 108 cm³/mol. The highest BCUT2D eigenvalue weighted by Gasteiger charge is 2.32. The fourth-order valence-corrected chi connectivity index (χ4v) is 4.74. The van der Waals surface area contributed by atoms with Crippen LogP contribution in [0.5, 0.6) is 0 Å². The molecule has 4 rings (SSSR count). The highest BCUT2D eigenvalue weighted by atomic mass is 35.5. The number of fused-ring (bicyclic) bond motifs is 3. The normalized spacial score (nSPS) is 16.3. The summed E-state index contributed by atoms with van der Waals surface area (Å²) in [5.74, 6) is 2.14. The molecular weight excluding hydrogens is 364 g/mol. The van der Waals surface area contributed by atoms with Crippen LogP contribution in [-0.4, -0.2) is 20.5 Å². The van der Waals surface area contributed by atoms with Crippen molar-refractivity contribution in [3.63, 3.8) is 0 Å². The van der Waals surface area contributed by atoms with Gasteiger partial charge in [0.25, 0.3) is 0 Å². The van der Waals surface area contributed by atoms with E-state index in [9.17, 15) is 0 Å². The first-order valence-corrected chi connectivity index (χ1v) is 9.94. The van der Waals surface area contributed by atoms with Gasteiger partial charge in [-0.05, 0) is 44.4 Å². The maximum Gasteiger partial charge on any atom is 0.163 e. The molecule has 0 radical (unpaired) electrons. The smallest absolute Gasteiger partial charge is 0.163 e. The number of nitrogens with zero attached hydrogens (tertiary/aromatic N) is 4. The second-order valence-corrected chi connectivity index (χ2v) is 8.72. The molecule has 1 atom stereocenters. The Morgan fingerprint density at radius 2 is 1.77 bits per heavy atom. The van der Waals surface area contributed by atoms with Crippen molar-refractivity contribution in [3.8, 4) is 5.00 Å². The monoisotopic (exact) mass is 384 g/mol. The Morgan fingerprint density at radius 3 is 2.42 bits per heavy atom. The van der Waals surface area contributed by atoms with Gasteiger partial charge in [-0.15, -0.1) is 21.5 Å². The van der Waals surface area contributed by atoms with E-state index in [1.165, 1.54) is 16.0 Å². The number of thiophene rings is 1. The van der Waals surface area contributed by atoms with Gasteiger partial charge in [-0.3, -0.25) is 9.56 Å². The standard InChI is InChI=1S/C20H21ClN4S/c1-10(2)17-19-24-23-13(5)25(19)20-16(11(3)12(4)26-20)18(22-17)14-6-8-15(21)9-7-14/h6-10,17H,1-5H3. The van der Waals surface area contributed by atoms with Gasteiger partial charge in [-0.1, -0.05) is 37.6 Å². The molecule has 0 amide bonds. The molecule has 6 heteroatoms. The van der Waals surface area contributed by atoms with E-state index in [4.69, 9.17) is 16.6 Å². The highest BCUT2D eigenvalue weighted by Crippen LogP contribution is 2.40. The minimum absolute atomic E-state index is 0.0406. The van der Waals surface area contributed by atoms with Crippen molar-refractivity contribution in [1.82, 2.24) is 14.8 Å². The Kier molecular flexibility index (Phi) is 4.24. The number of aryl methyl sites for hydroxylation is 2. The van der Waals surface area contributed by atoms with Crippen LogP contribution in [0.15, 0.2) is 29.3 Å². The molecule has 0 N–H and O–H groups in total. The average Bonchev–Trinajstić information content (AvgIpc) is 3.05. The lowest BCUT2D eigenvalue weighted by Crippen LogP contribution is -2.11. The van der Waals surface area contributed by atoms with Gasteiger partial charge in [0.1, 0.15) is 16.9 Å². The molecule has 0 saturated carbocycles. The zero-order valence-corrected chi connectivity index (χ0v) is 17.1. The van der Waals surface area contributed by atoms with E-state index in [2.05, 4.69) is 42.5 Å². The van der Waals surface area contributed by atoms with Crippen LogP contribution >= 0.6 is 22.9 Å². The second-order valence-electron chi connectivity index (χ2n) is 7.08. The van der Waals surface area contributed by atoms with Gasteiger partial charge < -0.3 is 0 Å². The van der Waals surface area contributed by atoms with Crippen LogP contribution in [0.2, 0.25) is 5.02 Å². The Hall–Kier alpha value is -1.98. The van der Waals surface area contributed by atoms with Crippen LogP contribution in [0.25, 0.3) is 5.00 Å². The quantitative estimate of drug-likeness (QED) is 0.589. The summed E-state index contributed by atoms with van der Waals surface area (Å²) in [7, 11) is 0. The molecule has 1 aliphatic rings. The van der Waals surface area contributed by atoms with Gasteiger partial charge in [0.15, 0.2) is 5.82 Å². The van der Waals surface area contributed by atoms with Crippen molar-refractivity contribution in [3.05, 3.63) is 62.5 Å². The van der Waals surface area contributed by atoms with Crippen LogP contribution in [-0.2, 0) is 0 Å². The lowest BCUT2D eigenvalue weighted by molar-refractivity contribution is 0.488. The van der Waals surface area contributed by atoms with E-state index in [0.717, 1.165) is 32.9 Å². The zero-order valence-electron chi connectivity index (χ0n) is 15.5. The number of hydrogen-bond donors (Lipinski definition) is 0. The largest absolute Gasteiger partial charge is 0.272 e. The van der Waals surface area contributed by atoms with Crippen LogP contribution in [0.4, 0.5) is 0 Å². The van der Waals surface area contributed by atoms with Gasteiger partial charge in [0, 0.05) is 21.0 Å². The SMILES string of the molecule is Cc1sc2c(c1C)C(c1ccc(Cl)cc1)=NC(C(C)C)c1nnc(C)n1-2. The van der Waals surface area contributed by atoms with Crippen molar-refractivity contribution in [2.75, 3.05) is 0 Å². The Balaban J connectivity index is 2.07. The summed E-state index contributed by atoms with van der Waals surface area (Å²) in [4.78, 5) is 6.49. The Bertz CT molecular complexity index is 1010. The van der Waals surface area contributed by atoms with E-state index in [1.54, 1.807) is 11.3 Å². The summed E-state index contributed by atoms with van der Waals surface area (Å²) in [6.45, 7) is 10.7. The summed E-state index contributed by atoms with van der Waals surface area (Å²) < 4.78 is 2.19. The molecule has 1 aromatic carbocycles. The second kappa shape index (κ2) is 6.32. The van der Waals surface area contributed by atoms with Gasteiger partial charge >= 0.3 is 0 Å². The summed E-state index contributed by atoms with van der Waals surface area (Å²) in [5, 5.41) is 10.7. The highest BCUT2D eigenvalue weighted by molar-refractivity contribution is 7.15. The first kappa shape index (κ1) is 17.4. The molecule has 3 heterocycles. The van der Waals surface area contributed by atoms with E-state index >= 15 is 0 Å². The van der Waals surface area contributed by atoms with Crippen molar-refractivity contribution in [2.24, 2.45) is 10.9 Å². The number of aromatic nitrogens is 3. The maximum atomic E-state index is 6.11. The number of aliphatic imine (C=N–C) groups is 1. The van der Waals surface area contributed by atoms with Crippen LogP contribution in [0.1, 0.15) is 53.1 Å². The molecule has 0 saturated heterocycles. The third-order valence-corrected chi connectivity index (χ3v) is 6.38. The molecular formula is C20H21ClN4S. The fraction of sp³-hybridized carbons (Fsp3) is 0.350. The van der Waals surface area contributed by atoms with Crippen molar-refractivity contribution in [2.45, 2.75) is 40.7 Å². The minimum Gasteiger partial charge on any atom is -0.272 e. The van der Waals surface area contributed by atoms with Gasteiger partial charge in [0.05, 0.1) is 5.71 Å². The molecule has 0 spiro atoms. The molecule has 4 nitrogen and oxygen atoms in total. The molecule has 0 fully saturated rings. The topological polar surface area (TPSA) is 43.1 Å². The first-order valence-electron chi connectivity index (χ1n) is 8.75. The molecule has 1 aliphatic heterocycles. The van der Waals surface area contributed by atoms with Crippen molar-refractivity contribution in [1.29, 1.82) is 0 Å². The molecule has 3 aromatic rings. The van der Waals surface area contributed by atoms with Crippen LogP contribution in [0, 0.1) is 26.7 Å². The summed E-state index contributed by atoms with van der Waals surface area (Å²) in [5.41, 5.74) is 4.55. The summed E-state index contributed by atoms with van der Waals surface area (Å²) >= 11 is 7.90. The summed E-state index contributed by atoms with van der Waals surface area (Å²) in [6.07, 6.45) is 0. The fourth-order valence-electron chi connectivity index (χ4n) is 3.40.